The molecule has 6 nitrogen and oxygen atoms in total. The zero-order valence-corrected chi connectivity index (χ0v) is 8.08. The molecule has 0 spiro atoms. The van der Waals surface area contributed by atoms with E-state index in [-0.39, 0.29) is 12.4 Å². The largest absolute Gasteiger partial charge is 0.502 e. The van der Waals surface area contributed by atoms with Gasteiger partial charge in [0.05, 0.1) is 17.1 Å². The summed E-state index contributed by atoms with van der Waals surface area (Å²) in [6.07, 6.45) is -0.655. The second kappa shape index (κ2) is 4.61. The number of aliphatic hydroxyl groups is 1. The third kappa shape index (κ3) is 3.10. The third-order valence-corrected chi connectivity index (χ3v) is 1.63. The van der Waals surface area contributed by atoms with Crippen LogP contribution >= 0.6 is 0 Å². The topological polar surface area (TPSA) is 92.8 Å². The predicted molar refractivity (Wildman–Crippen MR) is 51.9 cm³/mol. The Morgan fingerprint density at radius 3 is 2.80 bits per heavy atom. The Kier molecular flexibility index (Phi) is 3.46. The van der Waals surface area contributed by atoms with Gasteiger partial charge in [0.2, 0.25) is 0 Å². The van der Waals surface area contributed by atoms with Gasteiger partial charge in [-0.25, -0.2) is 0 Å². The average molecular weight is 213 g/mol. The Morgan fingerprint density at radius 2 is 2.27 bits per heavy atom. The predicted octanol–water partition coefficient (Wildman–Crippen LogP) is 1.06. The van der Waals surface area contributed by atoms with Crippen LogP contribution in [0.3, 0.4) is 0 Å². The number of aromatic hydroxyl groups is 1. The van der Waals surface area contributed by atoms with Crippen LogP contribution in [0.2, 0.25) is 0 Å². The minimum atomic E-state index is -0.704. The molecule has 0 radical (unpaired) electrons. The van der Waals surface area contributed by atoms with Gasteiger partial charge in [-0.3, -0.25) is 10.1 Å². The molecule has 0 aliphatic heterocycles. The first-order chi connectivity index (χ1) is 7.00. The first-order valence-electron chi connectivity index (χ1n) is 4.29. The first-order valence-corrected chi connectivity index (χ1v) is 4.29. The van der Waals surface area contributed by atoms with Gasteiger partial charge in [-0.2, -0.15) is 0 Å². The van der Waals surface area contributed by atoms with E-state index in [2.05, 4.69) is 0 Å². The van der Waals surface area contributed by atoms with Crippen LogP contribution in [0, 0.1) is 10.1 Å². The maximum Gasteiger partial charge on any atom is 0.314 e. The van der Waals surface area contributed by atoms with Crippen LogP contribution in [0.5, 0.6) is 11.5 Å². The molecule has 0 saturated carbocycles. The summed E-state index contributed by atoms with van der Waals surface area (Å²) in [5.41, 5.74) is -0.418. The average Bonchev–Trinajstić information content (AvgIpc) is 2.16. The van der Waals surface area contributed by atoms with Crippen molar-refractivity contribution < 1.29 is 19.9 Å². The van der Waals surface area contributed by atoms with Crippen molar-refractivity contribution in [3.63, 3.8) is 0 Å². The summed E-state index contributed by atoms with van der Waals surface area (Å²) in [6, 6.07) is 3.68. The van der Waals surface area contributed by atoms with E-state index in [1.165, 1.54) is 19.1 Å². The summed E-state index contributed by atoms with van der Waals surface area (Å²) in [5.74, 6) is -0.176. The molecule has 0 bridgehead atoms. The summed E-state index contributed by atoms with van der Waals surface area (Å²) >= 11 is 0. The lowest BCUT2D eigenvalue weighted by molar-refractivity contribution is -0.385. The lowest BCUT2D eigenvalue weighted by atomic mass is 10.3. The molecule has 0 aliphatic carbocycles. The van der Waals surface area contributed by atoms with Gasteiger partial charge in [-0.1, -0.05) is 0 Å². The van der Waals surface area contributed by atoms with Crippen LogP contribution in [-0.2, 0) is 0 Å². The van der Waals surface area contributed by atoms with E-state index in [1.54, 1.807) is 0 Å². The number of nitro benzene ring substituents is 1. The number of ether oxygens (including phenoxy) is 1. The van der Waals surface area contributed by atoms with Crippen molar-refractivity contribution >= 4 is 5.69 Å². The molecule has 1 aromatic rings. The Labute approximate surface area is 85.9 Å². The number of phenols is 1. The Balaban J connectivity index is 2.83. The van der Waals surface area contributed by atoms with Crippen molar-refractivity contribution in [3.05, 3.63) is 28.3 Å². The van der Waals surface area contributed by atoms with Crippen molar-refractivity contribution in [1.82, 2.24) is 0 Å². The fourth-order valence-electron chi connectivity index (χ4n) is 0.956. The molecular weight excluding hydrogens is 202 g/mol. The molecule has 0 aliphatic rings. The summed E-state index contributed by atoms with van der Waals surface area (Å²) < 4.78 is 5.05. The van der Waals surface area contributed by atoms with Crippen LogP contribution < -0.4 is 4.74 Å². The van der Waals surface area contributed by atoms with Gasteiger partial charge in [0.25, 0.3) is 0 Å². The fourth-order valence-corrected chi connectivity index (χ4v) is 0.956. The fraction of sp³-hybridized carbons (Fsp3) is 0.333. The molecule has 0 saturated heterocycles. The second-order valence-electron chi connectivity index (χ2n) is 3.07. The zero-order valence-electron chi connectivity index (χ0n) is 8.08. The van der Waals surface area contributed by atoms with E-state index in [1.807, 2.05) is 0 Å². The number of rotatable bonds is 4. The summed E-state index contributed by atoms with van der Waals surface area (Å²) in [4.78, 5) is 9.75. The molecule has 0 unspecified atom stereocenters. The van der Waals surface area contributed by atoms with Crippen molar-refractivity contribution in [2.45, 2.75) is 13.0 Å². The lowest BCUT2D eigenvalue weighted by Crippen LogP contribution is -2.12. The van der Waals surface area contributed by atoms with Gasteiger partial charge in [-0.15, -0.1) is 0 Å². The van der Waals surface area contributed by atoms with Crippen molar-refractivity contribution in [1.29, 1.82) is 0 Å². The summed E-state index contributed by atoms with van der Waals surface area (Å²) in [7, 11) is 0. The molecule has 0 amide bonds. The van der Waals surface area contributed by atoms with Gasteiger partial charge >= 0.3 is 5.69 Å². The number of nitrogens with zero attached hydrogens (tertiary/aromatic N) is 1. The van der Waals surface area contributed by atoms with Gasteiger partial charge in [-0.05, 0) is 19.1 Å². The minimum absolute atomic E-state index is 0.0436. The van der Waals surface area contributed by atoms with Gasteiger partial charge in [0, 0.05) is 0 Å². The van der Waals surface area contributed by atoms with Gasteiger partial charge in [0.1, 0.15) is 12.4 Å². The molecule has 0 fully saturated rings. The van der Waals surface area contributed by atoms with E-state index in [0.717, 1.165) is 6.07 Å². The zero-order chi connectivity index (χ0) is 11.4. The molecule has 82 valence electrons. The number of aliphatic hydroxyl groups excluding tert-OH is 1. The second-order valence-corrected chi connectivity index (χ2v) is 3.07. The van der Waals surface area contributed by atoms with Crippen molar-refractivity contribution in [2.24, 2.45) is 0 Å². The normalized spacial score (nSPS) is 12.1. The summed E-state index contributed by atoms with van der Waals surface area (Å²) in [5, 5.41) is 28.5. The molecule has 15 heavy (non-hydrogen) atoms. The van der Waals surface area contributed by atoms with E-state index in [4.69, 9.17) is 14.9 Å². The number of nitro groups is 1. The monoisotopic (exact) mass is 213 g/mol. The Hall–Kier alpha value is -1.82. The smallest absolute Gasteiger partial charge is 0.314 e. The molecule has 1 atom stereocenters. The molecule has 2 N–H and O–H groups in total. The highest BCUT2D eigenvalue weighted by molar-refractivity contribution is 5.49. The third-order valence-electron chi connectivity index (χ3n) is 1.63. The number of phenolic OH excluding ortho intramolecular Hbond substituents is 1. The van der Waals surface area contributed by atoms with Crippen LogP contribution in [0.25, 0.3) is 0 Å². The number of hydrogen-bond acceptors (Lipinski definition) is 5. The molecule has 1 rings (SSSR count). The molecule has 6 heteroatoms. The van der Waals surface area contributed by atoms with Gasteiger partial charge < -0.3 is 14.9 Å². The van der Waals surface area contributed by atoms with Crippen LogP contribution in [0.4, 0.5) is 5.69 Å². The van der Waals surface area contributed by atoms with E-state index in [0.29, 0.717) is 0 Å². The van der Waals surface area contributed by atoms with Crippen LogP contribution in [0.1, 0.15) is 6.92 Å². The SMILES string of the molecule is C[C@H](O)COc1ccc(O)c([N+](=O)[O-])c1. The van der Waals surface area contributed by atoms with E-state index in [9.17, 15) is 10.1 Å². The maximum atomic E-state index is 10.5. The van der Waals surface area contributed by atoms with Crippen LogP contribution in [-0.4, -0.2) is 27.8 Å². The first kappa shape index (κ1) is 11.3. The lowest BCUT2D eigenvalue weighted by Gasteiger charge is -2.07. The minimum Gasteiger partial charge on any atom is -0.502 e. The summed E-state index contributed by atoms with van der Waals surface area (Å²) in [6.45, 7) is 1.58. The molecule has 0 aromatic heterocycles. The quantitative estimate of drug-likeness (QED) is 0.576. The molecule has 0 heterocycles. The van der Waals surface area contributed by atoms with Crippen LogP contribution in [0.15, 0.2) is 18.2 Å². The van der Waals surface area contributed by atoms with E-state index >= 15 is 0 Å². The highest BCUT2D eigenvalue weighted by Gasteiger charge is 2.14. The standard InChI is InChI=1S/C9H11NO5/c1-6(11)5-15-7-2-3-9(12)8(4-7)10(13)14/h2-4,6,11-12H,5H2,1H3/t6-/m0/s1. The maximum absolute atomic E-state index is 10.5. The molecule has 1 aromatic carbocycles. The van der Waals surface area contributed by atoms with E-state index < -0.39 is 22.5 Å². The number of benzene rings is 1. The highest BCUT2D eigenvalue weighted by atomic mass is 16.6. The van der Waals surface area contributed by atoms with Crippen molar-refractivity contribution in [2.75, 3.05) is 6.61 Å². The Morgan fingerprint density at radius 1 is 1.60 bits per heavy atom. The number of hydrogen-bond donors (Lipinski definition) is 2. The molecular formula is C9H11NO5. The Bertz CT molecular complexity index is 364. The van der Waals surface area contributed by atoms with Gasteiger partial charge in [0.15, 0.2) is 5.75 Å². The highest BCUT2D eigenvalue weighted by Crippen LogP contribution is 2.29. The van der Waals surface area contributed by atoms with Crippen molar-refractivity contribution in [3.8, 4) is 11.5 Å².